The Hall–Kier alpha value is -2.52. The van der Waals surface area contributed by atoms with Crippen molar-refractivity contribution in [2.75, 3.05) is 6.61 Å². The maximum Gasteiger partial charge on any atom is 0.422 e. The van der Waals surface area contributed by atoms with E-state index in [4.69, 9.17) is 5.26 Å². The molecule has 0 fully saturated rings. The number of ether oxygens (including phenoxy) is 1. The Kier molecular flexibility index (Phi) is 5.83. The Labute approximate surface area is 138 Å². The Morgan fingerprint density at radius 1 is 1.17 bits per heavy atom. The number of nitriles is 1. The molecule has 2 rings (SSSR count). The van der Waals surface area contributed by atoms with Gasteiger partial charge < -0.3 is 10.1 Å². The molecule has 0 aliphatic carbocycles. The third-order valence-electron chi connectivity index (χ3n) is 3.45. The molecule has 126 valence electrons. The fraction of sp³-hybridized carbons (Fsp3) is 0.278. The molecule has 1 atom stereocenters. The van der Waals surface area contributed by atoms with Gasteiger partial charge in [0.15, 0.2) is 6.61 Å². The van der Waals surface area contributed by atoms with E-state index in [1.165, 1.54) is 12.1 Å². The van der Waals surface area contributed by atoms with Crippen LogP contribution in [0.15, 0.2) is 48.5 Å². The maximum atomic E-state index is 12.1. The van der Waals surface area contributed by atoms with Crippen LogP contribution < -0.4 is 10.1 Å². The minimum Gasteiger partial charge on any atom is -0.484 e. The van der Waals surface area contributed by atoms with Crippen molar-refractivity contribution in [1.82, 2.24) is 5.32 Å². The van der Waals surface area contributed by atoms with Crippen molar-refractivity contribution in [1.29, 1.82) is 5.26 Å². The molecule has 0 radical (unpaired) electrons. The summed E-state index contributed by atoms with van der Waals surface area (Å²) < 4.78 is 41.0. The molecule has 0 spiro atoms. The van der Waals surface area contributed by atoms with Crippen molar-refractivity contribution in [3.05, 3.63) is 65.2 Å². The van der Waals surface area contributed by atoms with Crippen LogP contribution in [0.4, 0.5) is 13.2 Å². The number of hydrogen-bond acceptors (Lipinski definition) is 3. The number of rotatable bonds is 6. The van der Waals surface area contributed by atoms with Crippen molar-refractivity contribution >= 4 is 0 Å². The first-order valence-corrected chi connectivity index (χ1v) is 7.39. The van der Waals surface area contributed by atoms with E-state index in [-0.39, 0.29) is 11.8 Å². The fourth-order valence-electron chi connectivity index (χ4n) is 2.16. The quantitative estimate of drug-likeness (QED) is 0.854. The Bertz CT molecular complexity index is 705. The number of alkyl halides is 3. The summed E-state index contributed by atoms with van der Waals surface area (Å²) in [5, 5.41) is 12.2. The third-order valence-corrected chi connectivity index (χ3v) is 3.45. The topological polar surface area (TPSA) is 45.0 Å². The van der Waals surface area contributed by atoms with Gasteiger partial charge in [-0.05, 0) is 42.3 Å². The van der Waals surface area contributed by atoms with Gasteiger partial charge in [-0.15, -0.1) is 0 Å². The number of nitrogens with one attached hydrogen (secondary N) is 1. The molecule has 0 saturated carbocycles. The minimum atomic E-state index is -4.34. The molecule has 0 saturated heterocycles. The molecule has 0 aliphatic rings. The smallest absolute Gasteiger partial charge is 0.422 e. The van der Waals surface area contributed by atoms with Gasteiger partial charge in [0, 0.05) is 12.6 Å². The Balaban J connectivity index is 1.90. The standard InChI is InChI=1S/C18H17F3N2O/c1-13(23-11-15-4-2-3-14(9-15)10-22)16-5-7-17(8-6-16)24-12-18(19,20)21/h2-9,13,23H,11-12H2,1H3. The van der Waals surface area contributed by atoms with Gasteiger partial charge >= 0.3 is 6.18 Å². The van der Waals surface area contributed by atoms with E-state index in [9.17, 15) is 13.2 Å². The summed E-state index contributed by atoms with van der Waals surface area (Å²) in [5.74, 6) is 0.185. The Morgan fingerprint density at radius 3 is 2.50 bits per heavy atom. The molecule has 0 aromatic heterocycles. The van der Waals surface area contributed by atoms with E-state index in [1.54, 1.807) is 18.2 Å². The monoisotopic (exact) mass is 334 g/mol. The molecule has 0 heterocycles. The third kappa shape index (κ3) is 5.60. The predicted molar refractivity (Wildman–Crippen MR) is 84.4 cm³/mol. The van der Waals surface area contributed by atoms with Crippen LogP contribution in [0, 0.1) is 11.3 Å². The van der Waals surface area contributed by atoms with Crippen molar-refractivity contribution in [2.24, 2.45) is 0 Å². The molecule has 24 heavy (non-hydrogen) atoms. The van der Waals surface area contributed by atoms with Crippen LogP contribution >= 0.6 is 0 Å². The van der Waals surface area contributed by atoms with Crippen molar-refractivity contribution < 1.29 is 17.9 Å². The number of nitrogens with zero attached hydrogens (tertiary/aromatic N) is 1. The number of hydrogen-bond donors (Lipinski definition) is 1. The first kappa shape index (κ1) is 17.8. The first-order valence-electron chi connectivity index (χ1n) is 7.39. The molecule has 1 N–H and O–H groups in total. The molecule has 0 amide bonds. The van der Waals surface area contributed by atoms with Crippen LogP contribution in [0.3, 0.4) is 0 Å². The van der Waals surface area contributed by atoms with Gasteiger partial charge in [0.1, 0.15) is 5.75 Å². The second kappa shape index (κ2) is 7.84. The molecule has 6 heteroatoms. The Morgan fingerprint density at radius 2 is 1.88 bits per heavy atom. The van der Waals surface area contributed by atoms with Gasteiger partial charge in [0.05, 0.1) is 11.6 Å². The van der Waals surface area contributed by atoms with E-state index >= 15 is 0 Å². The van der Waals surface area contributed by atoms with Crippen LogP contribution in [0.1, 0.15) is 29.7 Å². The van der Waals surface area contributed by atoms with Crippen molar-refractivity contribution in [3.63, 3.8) is 0 Å². The molecule has 0 aliphatic heterocycles. The van der Waals surface area contributed by atoms with E-state index in [0.717, 1.165) is 11.1 Å². The van der Waals surface area contributed by atoms with Crippen LogP contribution in [0.5, 0.6) is 5.75 Å². The zero-order chi connectivity index (χ0) is 17.6. The molecule has 0 bridgehead atoms. The lowest BCUT2D eigenvalue weighted by Crippen LogP contribution is -2.19. The van der Waals surface area contributed by atoms with Gasteiger partial charge in [-0.1, -0.05) is 24.3 Å². The zero-order valence-corrected chi connectivity index (χ0v) is 13.1. The average molecular weight is 334 g/mol. The summed E-state index contributed by atoms with van der Waals surface area (Å²) in [6.07, 6.45) is -4.34. The lowest BCUT2D eigenvalue weighted by molar-refractivity contribution is -0.153. The van der Waals surface area contributed by atoms with Crippen molar-refractivity contribution in [3.8, 4) is 11.8 Å². The highest BCUT2D eigenvalue weighted by Crippen LogP contribution is 2.21. The number of benzene rings is 2. The second-order valence-electron chi connectivity index (χ2n) is 5.39. The summed E-state index contributed by atoms with van der Waals surface area (Å²) in [5.41, 5.74) is 2.53. The lowest BCUT2D eigenvalue weighted by atomic mass is 10.1. The summed E-state index contributed by atoms with van der Waals surface area (Å²) in [6, 6.07) is 15.9. The summed E-state index contributed by atoms with van der Waals surface area (Å²) in [4.78, 5) is 0. The molecular formula is C18H17F3N2O. The van der Waals surface area contributed by atoms with Gasteiger partial charge in [-0.25, -0.2) is 0 Å². The highest BCUT2D eigenvalue weighted by Gasteiger charge is 2.28. The van der Waals surface area contributed by atoms with Crippen molar-refractivity contribution in [2.45, 2.75) is 25.7 Å². The van der Waals surface area contributed by atoms with E-state index in [1.807, 2.05) is 25.1 Å². The average Bonchev–Trinajstić information content (AvgIpc) is 2.58. The van der Waals surface area contributed by atoms with E-state index in [2.05, 4.69) is 16.1 Å². The first-order chi connectivity index (χ1) is 11.4. The summed E-state index contributed by atoms with van der Waals surface area (Å²) in [6.45, 7) is 1.25. The number of halogens is 3. The lowest BCUT2D eigenvalue weighted by Gasteiger charge is -2.15. The van der Waals surface area contributed by atoms with E-state index in [0.29, 0.717) is 12.1 Å². The fourth-order valence-corrected chi connectivity index (χ4v) is 2.16. The largest absolute Gasteiger partial charge is 0.484 e. The van der Waals surface area contributed by atoms with Crippen LogP contribution in [0.25, 0.3) is 0 Å². The van der Waals surface area contributed by atoms with Gasteiger partial charge in [-0.2, -0.15) is 18.4 Å². The van der Waals surface area contributed by atoms with Crippen LogP contribution in [-0.2, 0) is 6.54 Å². The highest BCUT2D eigenvalue weighted by atomic mass is 19.4. The van der Waals surface area contributed by atoms with Gasteiger partial charge in [0.25, 0.3) is 0 Å². The minimum absolute atomic E-state index is 0.00686. The molecule has 2 aromatic rings. The summed E-state index contributed by atoms with van der Waals surface area (Å²) in [7, 11) is 0. The predicted octanol–water partition coefficient (Wildman–Crippen LogP) is 4.35. The second-order valence-corrected chi connectivity index (χ2v) is 5.39. The SMILES string of the molecule is CC(NCc1cccc(C#N)c1)c1ccc(OCC(F)(F)F)cc1. The van der Waals surface area contributed by atoms with Crippen LogP contribution in [-0.4, -0.2) is 12.8 Å². The maximum absolute atomic E-state index is 12.1. The highest BCUT2D eigenvalue weighted by molar-refractivity contribution is 5.33. The molecule has 3 nitrogen and oxygen atoms in total. The summed E-state index contributed by atoms with van der Waals surface area (Å²) >= 11 is 0. The molecule has 2 aromatic carbocycles. The van der Waals surface area contributed by atoms with Gasteiger partial charge in [0.2, 0.25) is 0 Å². The molecular weight excluding hydrogens is 317 g/mol. The van der Waals surface area contributed by atoms with Gasteiger partial charge in [-0.3, -0.25) is 0 Å². The van der Waals surface area contributed by atoms with E-state index < -0.39 is 12.8 Å². The zero-order valence-electron chi connectivity index (χ0n) is 13.1. The molecule has 1 unspecified atom stereocenters. The normalized spacial score (nSPS) is 12.5. The van der Waals surface area contributed by atoms with Crippen LogP contribution in [0.2, 0.25) is 0 Å².